The van der Waals surface area contributed by atoms with E-state index in [2.05, 4.69) is 5.32 Å². The van der Waals surface area contributed by atoms with Gasteiger partial charge in [-0.05, 0) is 25.0 Å². The minimum absolute atomic E-state index is 0.0640. The summed E-state index contributed by atoms with van der Waals surface area (Å²) in [5, 5.41) is 11.4. The maximum atomic E-state index is 11.6. The van der Waals surface area contributed by atoms with E-state index < -0.39 is 11.9 Å². The molecule has 5 heteroatoms. The van der Waals surface area contributed by atoms with Crippen LogP contribution in [0.25, 0.3) is 0 Å². The second-order valence-electron chi connectivity index (χ2n) is 4.43. The monoisotopic (exact) mass is 281 g/mol. The highest BCUT2D eigenvalue weighted by Crippen LogP contribution is 2.21. The molecule has 19 heavy (non-hydrogen) atoms. The van der Waals surface area contributed by atoms with Crippen molar-refractivity contribution in [3.63, 3.8) is 0 Å². The highest BCUT2D eigenvalue weighted by Gasteiger charge is 2.11. The molecule has 2 N–H and O–H groups in total. The first-order valence-electron chi connectivity index (χ1n) is 6.18. The number of hydrogen-bond acceptors (Lipinski definition) is 3. The number of nitrogens with one attached hydrogen (secondary N) is 1. The van der Waals surface area contributed by atoms with E-state index in [1.165, 1.54) is 11.8 Å². The van der Waals surface area contributed by atoms with Crippen molar-refractivity contribution in [1.29, 1.82) is 0 Å². The summed E-state index contributed by atoms with van der Waals surface area (Å²) in [6.45, 7) is 4.05. The second-order valence-corrected chi connectivity index (χ2v) is 5.45. The van der Waals surface area contributed by atoms with Crippen molar-refractivity contribution in [2.24, 2.45) is 5.92 Å². The van der Waals surface area contributed by atoms with Gasteiger partial charge in [0, 0.05) is 11.4 Å². The molecule has 0 aliphatic heterocycles. The topological polar surface area (TPSA) is 66.4 Å². The van der Waals surface area contributed by atoms with E-state index in [9.17, 15) is 9.59 Å². The van der Waals surface area contributed by atoms with Crippen molar-refractivity contribution in [3.05, 3.63) is 29.8 Å². The Balaban J connectivity index is 2.25. The molecular weight excluding hydrogens is 262 g/mol. The molecule has 1 atom stereocenters. The molecule has 0 heterocycles. The molecular formula is C14H19NO3S. The number of carboxylic acids is 1. The summed E-state index contributed by atoms with van der Waals surface area (Å²) < 4.78 is 0. The number of hydrogen-bond donors (Lipinski definition) is 2. The van der Waals surface area contributed by atoms with Gasteiger partial charge in [-0.15, -0.1) is 11.8 Å². The molecule has 0 fully saturated rings. The van der Waals surface area contributed by atoms with Crippen LogP contribution in [0, 0.1) is 12.8 Å². The Morgan fingerprint density at radius 3 is 2.68 bits per heavy atom. The van der Waals surface area contributed by atoms with Gasteiger partial charge in [-0.3, -0.25) is 9.59 Å². The maximum Gasteiger partial charge on any atom is 0.306 e. The first kappa shape index (κ1) is 15.6. The summed E-state index contributed by atoms with van der Waals surface area (Å²) in [6, 6.07) is 7.91. The summed E-state index contributed by atoms with van der Waals surface area (Å²) in [6.07, 6.45) is 0.454. The van der Waals surface area contributed by atoms with Crippen molar-refractivity contribution >= 4 is 23.6 Å². The average molecular weight is 281 g/mol. The van der Waals surface area contributed by atoms with Crippen LogP contribution in [0.3, 0.4) is 0 Å². The average Bonchev–Trinajstić information content (AvgIpc) is 2.37. The largest absolute Gasteiger partial charge is 0.481 e. The third-order valence-corrected chi connectivity index (χ3v) is 3.95. The molecule has 0 aliphatic carbocycles. The Hall–Kier alpha value is -1.49. The van der Waals surface area contributed by atoms with Gasteiger partial charge in [0.2, 0.25) is 5.91 Å². The smallest absolute Gasteiger partial charge is 0.306 e. The van der Waals surface area contributed by atoms with Crippen LogP contribution in [0.1, 0.15) is 18.9 Å². The minimum Gasteiger partial charge on any atom is -0.481 e. The molecule has 1 amide bonds. The number of carbonyl (C=O) groups excluding carboxylic acids is 1. The lowest BCUT2D eigenvalue weighted by molar-refractivity contribution is -0.141. The van der Waals surface area contributed by atoms with Crippen LogP contribution in [-0.4, -0.2) is 29.3 Å². The highest BCUT2D eigenvalue weighted by molar-refractivity contribution is 8.00. The zero-order chi connectivity index (χ0) is 14.3. The van der Waals surface area contributed by atoms with Gasteiger partial charge < -0.3 is 10.4 Å². The van der Waals surface area contributed by atoms with E-state index in [1.54, 1.807) is 6.92 Å². The van der Waals surface area contributed by atoms with Crippen LogP contribution in [0.4, 0.5) is 0 Å². The second kappa shape index (κ2) is 7.84. The third-order valence-electron chi connectivity index (χ3n) is 2.77. The van der Waals surface area contributed by atoms with Crippen LogP contribution in [0.2, 0.25) is 0 Å². The maximum absolute atomic E-state index is 11.6. The van der Waals surface area contributed by atoms with Gasteiger partial charge in [-0.25, -0.2) is 0 Å². The minimum atomic E-state index is -0.830. The number of thioether (sulfide) groups is 1. The first-order valence-corrected chi connectivity index (χ1v) is 7.17. The molecule has 0 saturated heterocycles. The predicted octanol–water partition coefficient (Wildman–Crippen LogP) is 2.31. The summed E-state index contributed by atoms with van der Waals surface area (Å²) in [5.74, 6) is -0.967. The normalized spacial score (nSPS) is 11.9. The van der Waals surface area contributed by atoms with Crippen molar-refractivity contribution < 1.29 is 14.7 Å². The number of carboxylic acid groups (broad SMARTS) is 1. The SMILES string of the molecule is Cc1ccccc1SCC(=O)NCCC(C)C(=O)O. The van der Waals surface area contributed by atoms with E-state index in [1.807, 2.05) is 31.2 Å². The molecule has 0 saturated carbocycles. The molecule has 0 radical (unpaired) electrons. The molecule has 1 rings (SSSR count). The standard InChI is InChI=1S/C14H19NO3S/c1-10-5-3-4-6-12(10)19-9-13(16)15-8-7-11(2)14(17)18/h3-6,11H,7-9H2,1-2H3,(H,15,16)(H,17,18). The lowest BCUT2D eigenvalue weighted by Gasteiger charge is -2.08. The van der Waals surface area contributed by atoms with Gasteiger partial charge in [0.05, 0.1) is 11.7 Å². The lowest BCUT2D eigenvalue weighted by Crippen LogP contribution is -2.28. The molecule has 0 aliphatic rings. The Morgan fingerprint density at radius 2 is 2.05 bits per heavy atom. The van der Waals surface area contributed by atoms with Gasteiger partial charge in [0.15, 0.2) is 0 Å². The third kappa shape index (κ3) is 5.79. The van der Waals surface area contributed by atoms with Crippen LogP contribution >= 0.6 is 11.8 Å². The number of carbonyl (C=O) groups is 2. The van der Waals surface area contributed by atoms with Crippen molar-refractivity contribution in [2.45, 2.75) is 25.2 Å². The number of benzene rings is 1. The van der Waals surface area contributed by atoms with Gasteiger partial charge >= 0.3 is 5.97 Å². The highest BCUT2D eigenvalue weighted by atomic mass is 32.2. The Morgan fingerprint density at radius 1 is 1.37 bits per heavy atom. The van der Waals surface area contributed by atoms with E-state index in [0.29, 0.717) is 18.7 Å². The number of rotatable bonds is 7. The fourth-order valence-electron chi connectivity index (χ4n) is 1.46. The number of aryl methyl sites for hydroxylation is 1. The van der Waals surface area contributed by atoms with Gasteiger partial charge in [-0.2, -0.15) is 0 Å². The Labute approximate surface area is 117 Å². The van der Waals surface area contributed by atoms with E-state index in [0.717, 1.165) is 10.5 Å². The summed E-state index contributed by atoms with van der Waals surface area (Å²) in [5.41, 5.74) is 1.15. The van der Waals surface area contributed by atoms with E-state index in [4.69, 9.17) is 5.11 Å². The number of aliphatic carboxylic acids is 1. The van der Waals surface area contributed by atoms with E-state index >= 15 is 0 Å². The first-order chi connectivity index (χ1) is 9.00. The fraction of sp³-hybridized carbons (Fsp3) is 0.429. The molecule has 1 aromatic carbocycles. The molecule has 1 aromatic rings. The van der Waals surface area contributed by atoms with E-state index in [-0.39, 0.29) is 5.91 Å². The summed E-state index contributed by atoms with van der Waals surface area (Å²) >= 11 is 1.49. The zero-order valence-corrected chi connectivity index (χ0v) is 12.0. The number of amides is 1. The molecule has 0 spiro atoms. The zero-order valence-electron chi connectivity index (χ0n) is 11.2. The predicted molar refractivity (Wildman–Crippen MR) is 76.3 cm³/mol. The summed E-state index contributed by atoms with van der Waals surface area (Å²) in [4.78, 5) is 23.3. The molecule has 104 valence electrons. The summed E-state index contributed by atoms with van der Waals surface area (Å²) in [7, 11) is 0. The van der Waals surface area contributed by atoms with Crippen LogP contribution in [-0.2, 0) is 9.59 Å². The Kier molecular flexibility index (Phi) is 6.42. The van der Waals surface area contributed by atoms with Gasteiger partial charge in [0.1, 0.15) is 0 Å². The van der Waals surface area contributed by atoms with Crippen LogP contribution in [0.15, 0.2) is 29.2 Å². The van der Waals surface area contributed by atoms with Crippen molar-refractivity contribution in [2.75, 3.05) is 12.3 Å². The molecule has 0 bridgehead atoms. The van der Waals surface area contributed by atoms with Crippen molar-refractivity contribution in [1.82, 2.24) is 5.32 Å². The van der Waals surface area contributed by atoms with Crippen LogP contribution in [0.5, 0.6) is 0 Å². The molecule has 0 aromatic heterocycles. The van der Waals surface area contributed by atoms with Gasteiger partial charge in [0.25, 0.3) is 0 Å². The fourth-order valence-corrected chi connectivity index (χ4v) is 2.32. The lowest BCUT2D eigenvalue weighted by atomic mass is 10.1. The van der Waals surface area contributed by atoms with Crippen LogP contribution < -0.4 is 5.32 Å². The molecule has 1 unspecified atom stereocenters. The van der Waals surface area contributed by atoms with Gasteiger partial charge in [-0.1, -0.05) is 25.1 Å². The Bertz CT molecular complexity index is 448. The quantitative estimate of drug-likeness (QED) is 0.753. The van der Waals surface area contributed by atoms with Crippen molar-refractivity contribution in [3.8, 4) is 0 Å². The molecule has 4 nitrogen and oxygen atoms in total.